The van der Waals surface area contributed by atoms with Gasteiger partial charge in [0.05, 0.1) is 26.4 Å². The number of hydrogen-bond donors (Lipinski definition) is 2. The molecule has 2 N–H and O–H groups in total. The minimum Gasteiger partial charge on any atom is -0.496 e. The second kappa shape index (κ2) is 12.4. The van der Waals surface area contributed by atoms with Crippen molar-refractivity contribution in [2.75, 3.05) is 27.3 Å². The maximum atomic E-state index is 14.2. The summed E-state index contributed by atoms with van der Waals surface area (Å²) < 4.78 is 41.9. The van der Waals surface area contributed by atoms with Crippen molar-refractivity contribution in [2.24, 2.45) is 0 Å². The molecule has 0 saturated carbocycles. The highest BCUT2D eigenvalue weighted by Gasteiger charge is 2.39. The van der Waals surface area contributed by atoms with Crippen molar-refractivity contribution in [1.29, 1.82) is 0 Å². The largest absolute Gasteiger partial charge is 0.496 e. The van der Waals surface area contributed by atoms with Crippen LogP contribution in [0.25, 0.3) is 22.3 Å². The van der Waals surface area contributed by atoms with E-state index in [2.05, 4.69) is 0 Å². The van der Waals surface area contributed by atoms with E-state index in [1.54, 1.807) is 14.2 Å². The summed E-state index contributed by atoms with van der Waals surface area (Å²) in [5.41, 5.74) is 4.82. The molecule has 1 heterocycles. The van der Waals surface area contributed by atoms with Gasteiger partial charge >= 0.3 is 0 Å². The molecule has 4 aromatic rings. The fourth-order valence-corrected chi connectivity index (χ4v) is 6.87. The third-order valence-electron chi connectivity index (χ3n) is 7.40. The number of ether oxygens (including phenoxy) is 2. The highest BCUT2D eigenvalue weighted by atomic mass is 32.2. The van der Waals surface area contributed by atoms with Crippen LogP contribution in [0.2, 0.25) is 0 Å². The number of rotatable bonds is 8. The maximum Gasteiger partial charge on any atom is 0.282 e. The number of aliphatic hydroxyl groups excluding tert-OH is 2. The Morgan fingerprint density at radius 2 is 0.951 bits per heavy atom. The Hall–Kier alpha value is -3.73. The lowest BCUT2D eigenvalue weighted by Gasteiger charge is -2.28. The first kappa shape index (κ1) is 28.8. The van der Waals surface area contributed by atoms with Crippen LogP contribution in [0.4, 0.5) is 0 Å². The van der Waals surface area contributed by atoms with Crippen molar-refractivity contribution >= 4 is 10.2 Å². The first-order chi connectivity index (χ1) is 19.8. The summed E-state index contributed by atoms with van der Waals surface area (Å²) >= 11 is 0. The number of para-hydroxylation sites is 2. The third kappa shape index (κ3) is 6.00. The predicted molar refractivity (Wildman–Crippen MR) is 159 cm³/mol. The lowest BCUT2D eigenvalue weighted by molar-refractivity contribution is 0.00890. The highest BCUT2D eigenvalue weighted by Crippen LogP contribution is 2.35. The van der Waals surface area contributed by atoms with Gasteiger partial charge < -0.3 is 19.7 Å². The van der Waals surface area contributed by atoms with Crippen molar-refractivity contribution in [3.05, 3.63) is 108 Å². The molecule has 0 spiro atoms. The van der Waals surface area contributed by atoms with E-state index in [0.29, 0.717) is 11.5 Å². The van der Waals surface area contributed by atoms with Gasteiger partial charge in [0, 0.05) is 37.3 Å². The van der Waals surface area contributed by atoms with Crippen LogP contribution in [0.15, 0.2) is 97.1 Å². The van der Waals surface area contributed by atoms with Crippen LogP contribution in [-0.4, -0.2) is 66.8 Å². The van der Waals surface area contributed by atoms with E-state index in [1.807, 2.05) is 97.1 Å². The van der Waals surface area contributed by atoms with Gasteiger partial charge in [-0.05, 0) is 34.4 Å². The van der Waals surface area contributed by atoms with Crippen molar-refractivity contribution in [3.63, 3.8) is 0 Å². The summed E-state index contributed by atoms with van der Waals surface area (Å²) in [5.74, 6) is 1.34. The Kier molecular flexibility index (Phi) is 8.72. The Morgan fingerprint density at radius 1 is 0.610 bits per heavy atom. The number of nitrogens with zero attached hydrogens (tertiary/aromatic N) is 2. The van der Waals surface area contributed by atoms with E-state index in [1.165, 1.54) is 8.61 Å². The van der Waals surface area contributed by atoms with Crippen LogP contribution in [0.3, 0.4) is 0 Å². The number of benzene rings is 4. The molecule has 0 radical (unpaired) electrons. The molecular formula is C32H34N2O6S. The van der Waals surface area contributed by atoms with Gasteiger partial charge in [-0.2, -0.15) is 17.0 Å². The number of hydrogen-bond acceptors (Lipinski definition) is 6. The number of methoxy groups -OCH3 is 2. The van der Waals surface area contributed by atoms with E-state index in [0.717, 1.165) is 33.4 Å². The zero-order valence-corrected chi connectivity index (χ0v) is 23.9. The molecule has 0 unspecified atom stereocenters. The van der Waals surface area contributed by atoms with E-state index < -0.39 is 22.4 Å². The summed E-state index contributed by atoms with van der Waals surface area (Å²) in [7, 11) is -0.915. The first-order valence-corrected chi connectivity index (χ1v) is 14.8. The van der Waals surface area contributed by atoms with Gasteiger partial charge in [0.25, 0.3) is 10.2 Å². The fraction of sp³-hybridized carbons (Fsp3) is 0.250. The quantitative estimate of drug-likeness (QED) is 0.325. The van der Waals surface area contributed by atoms with Gasteiger partial charge in [0.2, 0.25) is 0 Å². The van der Waals surface area contributed by atoms with Gasteiger partial charge in [0.15, 0.2) is 0 Å². The Balaban J connectivity index is 1.51. The molecule has 0 aliphatic carbocycles. The van der Waals surface area contributed by atoms with Gasteiger partial charge in [0.1, 0.15) is 11.5 Å². The normalized spacial score (nSPS) is 19.4. The lowest BCUT2D eigenvalue weighted by atomic mass is 9.98. The molecule has 0 aromatic heterocycles. The second-order valence-corrected chi connectivity index (χ2v) is 11.9. The zero-order valence-electron chi connectivity index (χ0n) is 23.1. The summed E-state index contributed by atoms with van der Waals surface area (Å²) in [6.45, 7) is -0.473. The number of β-amino-alcohol motifs (C(OH)–C–C–N with tert-alkyl or cyclic N) is 2. The molecule has 1 aliphatic rings. The van der Waals surface area contributed by atoms with Crippen molar-refractivity contribution in [3.8, 4) is 33.8 Å². The first-order valence-electron chi connectivity index (χ1n) is 13.4. The summed E-state index contributed by atoms with van der Waals surface area (Å²) in [6, 6.07) is 30.2. The Bertz CT molecular complexity index is 1500. The molecule has 41 heavy (non-hydrogen) atoms. The fourth-order valence-electron chi connectivity index (χ4n) is 5.26. The van der Waals surface area contributed by atoms with Crippen LogP contribution in [-0.2, 0) is 23.3 Å². The third-order valence-corrected chi connectivity index (χ3v) is 9.26. The number of aliphatic hydroxyl groups is 2. The average Bonchev–Trinajstić information content (AvgIpc) is 3.07. The van der Waals surface area contributed by atoms with Gasteiger partial charge in [-0.3, -0.25) is 0 Å². The molecule has 4 aromatic carbocycles. The summed E-state index contributed by atoms with van der Waals surface area (Å²) in [5, 5.41) is 21.5. The van der Waals surface area contributed by atoms with Gasteiger partial charge in [-0.25, -0.2) is 0 Å². The van der Waals surface area contributed by atoms with Crippen LogP contribution in [0, 0.1) is 0 Å². The van der Waals surface area contributed by atoms with Crippen molar-refractivity contribution in [2.45, 2.75) is 25.3 Å². The van der Waals surface area contributed by atoms with Crippen LogP contribution in [0.5, 0.6) is 11.5 Å². The molecule has 5 rings (SSSR count). The van der Waals surface area contributed by atoms with E-state index >= 15 is 0 Å². The van der Waals surface area contributed by atoms with E-state index in [-0.39, 0.29) is 26.2 Å². The SMILES string of the molecule is COc1ccccc1-c1ccccc1CN1C[C@H](O)[C@@H](O)CN(Cc2ccccc2-c2ccccc2OC)S1(=O)=O. The molecule has 1 aliphatic heterocycles. The Morgan fingerprint density at radius 3 is 1.34 bits per heavy atom. The highest BCUT2D eigenvalue weighted by molar-refractivity contribution is 7.86. The standard InChI is InChI=1S/C32H34N2O6S/c1-39-31-17-9-7-15-27(31)25-13-5-3-11-23(25)19-33-21-29(35)30(36)22-34(41(33,37)38)20-24-12-4-6-14-26(24)28-16-8-10-18-32(28)40-2/h3-18,29-30,35-36H,19-22H2,1-2H3/t29-,30-/m0/s1. The molecule has 2 atom stereocenters. The Labute approximate surface area is 241 Å². The predicted octanol–water partition coefficient (Wildman–Crippen LogP) is 4.32. The van der Waals surface area contributed by atoms with E-state index in [4.69, 9.17) is 9.47 Å². The van der Waals surface area contributed by atoms with E-state index in [9.17, 15) is 18.6 Å². The van der Waals surface area contributed by atoms with Crippen molar-refractivity contribution in [1.82, 2.24) is 8.61 Å². The lowest BCUT2D eigenvalue weighted by Crippen LogP contribution is -2.42. The smallest absolute Gasteiger partial charge is 0.282 e. The van der Waals surface area contributed by atoms with Gasteiger partial charge in [-0.15, -0.1) is 0 Å². The molecule has 8 nitrogen and oxygen atoms in total. The average molecular weight is 575 g/mol. The van der Waals surface area contributed by atoms with Crippen LogP contribution in [0.1, 0.15) is 11.1 Å². The topological polar surface area (TPSA) is 99.5 Å². The van der Waals surface area contributed by atoms with Crippen LogP contribution >= 0.6 is 0 Å². The second-order valence-electron chi connectivity index (χ2n) is 9.94. The minimum absolute atomic E-state index is 0.00495. The minimum atomic E-state index is -4.11. The molecule has 0 bridgehead atoms. The molecule has 214 valence electrons. The summed E-state index contributed by atoms with van der Waals surface area (Å²) in [4.78, 5) is 0. The van der Waals surface area contributed by atoms with Crippen molar-refractivity contribution < 1.29 is 28.1 Å². The zero-order chi connectivity index (χ0) is 29.0. The molecule has 9 heteroatoms. The summed E-state index contributed by atoms with van der Waals surface area (Å²) in [6.07, 6.45) is -2.50. The van der Waals surface area contributed by atoms with Gasteiger partial charge in [-0.1, -0.05) is 84.9 Å². The molecule has 0 amide bonds. The molecular weight excluding hydrogens is 540 g/mol. The molecule has 1 saturated heterocycles. The monoisotopic (exact) mass is 574 g/mol. The van der Waals surface area contributed by atoms with Crippen LogP contribution < -0.4 is 9.47 Å². The molecule has 1 fully saturated rings. The maximum absolute atomic E-state index is 14.2.